The third-order valence-corrected chi connectivity index (χ3v) is 2.97. The van der Waals surface area contributed by atoms with Gasteiger partial charge in [0, 0.05) is 6.54 Å². The van der Waals surface area contributed by atoms with Gasteiger partial charge in [-0.15, -0.1) is 0 Å². The lowest BCUT2D eigenvalue weighted by Crippen LogP contribution is -2.06. The van der Waals surface area contributed by atoms with Gasteiger partial charge >= 0.3 is 6.18 Å². The Hall–Kier alpha value is -1.88. The maximum Gasteiger partial charge on any atom is 0.416 e. The number of benzene rings is 2. The summed E-state index contributed by atoms with van der Waals surface area (Å²) in [4.78, 5) is 0. The summed E-state index contributed by atoms with van der Waals surface area (Å²) in [6.45, 7) is -0.643. The maximum atomic E-state index is 12.8. The average molecular weight is 283 g/mol. The fourth-order valence-electron chi connectivity index (χ4n) is 1.98. The first-order valence-electron chi connectivity index (χ1n) is 6.00. The molecule has 106 valence electrons. The molecule has 0 saturated carbocycles. The van der Waals surface area contributed by atoms with Crippen LogP contribution in [0, 0.1) is 0 Å². The van der Waals surface area contributed by atoms with E-state index in [4.69, 9.17) is 5.73 Å². The Labute approximate surface area is 114 Å². The van der Waals surface area contributed by atoms with Crippen LogP contribution in [0.2, 0.25) is 0 Å². The Morgan fingerprint density at radius 2 is 1.60 bits per heavy atom. The van der Waals surface area contributed by atoms with E-state index in [2.05, 4.69) is 0 Å². The molecule has 0 aliphatic heterocycles. The molecule has 0 aromatic heterocycles. The molecule has 0 spiro atoms. The third kappa shape index (κ3) is 3.17. The van der Waals surface area contributed by atoms with Crippen molar-refractivity contribution in [2.45, 2.75) is 19.4 Å². The number of halogens is 4. The van der Waals surface area contributed by atoms with E-state index in [0.717, 1.165) is 17.7 Å². The normalized spacial score (nSPS) is 11.7. The molecule has 1 nitrogen and oxygen atoms in total. The highest BCUT2D eigenvalue weighted by molar-refractivity contribution is 5.66. The molecule has 0 aliphatic carbocycles. The average Bonchev–Trinajstić information content (AvgIpc) is 2.46. The number of rotatable bonds is 3. The van der Waals surface area contributed by atoms with E-state index in [-0.39, 0.29) is 5.56 Å². The molecule has 2 aromatic carbocycles. The van der Waals surface area contributed by atoms with Crippen LogP contribution in [0.25, 0.3) is 11.1 Å². The predicted molar refractivity (Wildman–Crippen MR) is 69.6 cm³/mol. The van der Waals surface area contributed by atoms with Crippen molar-refractivity contribution in [2.24, 2.45) is 5.73 Å². The van der Waals surface area contributed by atoms with E-state index in [0.29, 0.717) is 17.7 Å². The summed E-state index contributed by atoms with van der Waals surface area (Å²) in [6.07, 6.45) is -4.49. The van der Waals surface area contributed by atoms with Crippen LogP contribution in [0.15, 0.2) is 42.5 Å². The standard InChI is InChI=1S/C15H13F4N/c16-8-11-5-13(7-14(6-11)15(17,18)19)12-3-1-2-10(4-12)9-20/h1-7H,8-9,20H2. The Morgan fingerprint density at radius 1 is 0.900 bits per heavy atom. The smallest absolute Gasteiger partial charge is 0.326 e. The van der Waals surface area contributed by atoms with Crippen LogP contribution in [0.1, 0.15) is 16.7 Å². The van der Waals surface area contributed by atoms with Crippen LogP contribution in [-0.2, 0) is 19.4 Å². The fourth-order valence-corrected chi connectivity index (χ4v) is 1.98. The van der Waals surface area contributed by atoms with Gasteiger partial charge in [-0.05, 0) is 46.5 Å². The quantitative estimate of drug-likeness (QED) is 0.835. The zero-order valence-corrected chi connectivity index (χ0v) is 10.5. The minimum Gasteiger partial charge on any atom is -0.326 e. The predicted octanol–water partition coefficient (Wildman–Crippen LogP) is 4.30. The van der Waals surface area contributed by atoms with Gasteiger partial charge < -0.3 is 5.73 Å². The molecule has 0 saturated heterocycles. The van der Waals surface area contributed by atoms with Crippen molar-refractivity contribution in [2.75, 3.05) is 0 Å². The van der Waals surface area contributed by atoms with Crippen molar-refractivity contribution in [3.63, 3.8) is 0 Å². The van der Waals surface area contributed by atoms with E-state index < -0.39 is 18.4 Å². The zero-order valence-electron chi connectivity index (χ0n) is 10.5. The number of hydrogen-bond acceptors (Lipinski definition) is 1. The summed E-state index contributed by atoms with van der Waals surface area (Å²) >= 11 is 0. The first-order chi connectivity index (χ1) is 9.44. The highest BCUT2D eigenvalue weighted by atomic mass is 19.4. The molecule has 0 unspecified atom stereocenters. The summed E-state index contributed by atoms with van der Waals surface area (Å²) in [5, 5.41) is 0. The lowest BCUT2D eigenvalue weighted by Gasteiger charge is -2.12. The van der Waals surface area contributed by atoms with Gasteiger partial charge in [-0.25, -0.2) is 4.39 Å². The van der Waals surface area contributed by atoms with Crippen LogP contribution in [-0.4, -0.2) is 0 Å². The first kappa shape index (κ1) is 14.5. The van der Waals surface area contributed by atoms with Crippen molar-refractivity contribution in [3.8, 4) is 11.1 Å². The minimum atomic E-state index is -4.49. The molecule has 0 aliphatic rings. The second-order valence-corrected chi connectivity index (χ2v) is 4.45. The molecule has 0 radical (unpaired) electrons. The second-order valence-electron chi connectivity index (χ2n) is 4.45. The molecule has 0 heterocycles. The van der Waals surface area contributed by atoms with Crippen molar-refractivity contribution in [1.29, 1.82) is 0 Å². The van der Waals surface area contributed by atoms with Crippen molar-refractivity contribution in [1.82, 2.24) is 0 Å². The lowest BCUT2D eigenvalue weighted by molar-refractivity contribution is -0.137. The number of nitrogens with two attached hydrogens (primary N) is 1. The van der Waals surface area contributed by atoms with Gasteiger partial charge in [0.2, 0.25) is 0 Å². The van der Waals surface area contributed by atoms with Gasteiger partial charge in [0.25, 0.3) is 0 Å². The van der Waals surface area contributed by atoms with Crippen LogP contribution < -0.4 is 5.73 Å². The van der Waals surface area contributed by atoms with E-state index >= 15 is 0 Å². The van der Waals surface area contributed by atoms with E-state index in [1.54, 1.807) is 24.3 Å². The van der Waals surface area contributed by atoms with Crippen molar-refractivity contribution >= 4 is 0 Å². The second kappa shape index (κ2) is 5.63. The van der Waals surface area contributed by atoms with Crippen LogP contribution in [0.4, 0.5) is 17.6 Å². The number of alkyl halides is 4. The Kier molecular flexibility index (Phi) is 4.09. The molecule has 0 atom stereocenters. The van der Waals surface area contributed by atoms with Crippen LogP contribution in [0.5, 0.6) is 0 Å². The van der Waals surface area contributed by atoms with Gasteiger partial charge in [0.05, 0.1) is 5.56 Å². The molecular formula is C15H13F4N. The van der Waals surface area contributed by atoms with Gasteiger partial charge in [0.1, 0.15) is 6.67 Å². The van der Waals surface area contributed by atoms with Crippen molar-refractivity contribution < 1.29 is 17.6 Å². The Bertz CT molecular complexity index is 605. The molecule has 0 amide bonds. The molecule has 2 aromatic rings. The summed E-state index contributed by atoms with van der Waals surface area (Å²) in [5.41, 5.74) is 6.41. The molecule has 5 heteroatoms. The minimum absolute atomic E-state index is 0.00739. The van der Waals surface area contributed by atoms with E-state index in [1.165, 1.54) is 6.07 Å². The maximum absolute atomic E-state index is 12.8. The lowest BCUT2D eigenvalue weighted by atomic mass is 9.98. The number of hydrogen-bond donors (Lipinski definition) is 1. The fraction of sp³-hybridized carbons (Fsp3) is 0.200. The molecule has 2 rings (SSSR count). The highest BCUT2D eigenvalue weighted by Gasteiger charge is 2.31. The topological polar surface area (TPSA) is 26.0 Å². The van der Waals surface area contributed by atoms with E-state index in [9.17, 15) is 17.6 Å². The zero-order chi connectivity index (χ0) is 14.8. The highest BCUT2D eigenvalue weighted by Crippen LogP contribution is 2.33. The van der Waals surface area contributed by atoms with Gasteiger partial charge in [-0.2, -0.15) is 13.2 Å². The van der Waals surface area contributed by atoms with Gasteiger partial charge in [0.15, 0.2) is 0 Å². The monoisotopic (exact) mass is 283 g/mol. The summed E-state index contributed by atoms with van der Waals surface area (Å²) in [6, 6.07) is 10.2. The third-order valence-electron chi connectivity index (χ3n) is 2.97. The summed E-state index contributed by atoms with van der Waals surface area (Å²) < 4.78 is 51.2. The van der Waals surface area contributed by atoms with Gasteiger partial charge in [-0.1, -0.05) is 18.2 Å². The summed E-state index contributed by atoms with van der Waals surface area (Å²) in [5.74, 6) is 0. The molecule has 0 bridgehead atoms. The SMILES string of the molecule is NCc1cccc(-c2cc(CF)cc(C(F)(F)F)c2)c1. The van der Waals surface area contributed by atoms with Crippen molar-refractivity contribution in [3.05, 3.63) is 59.2 Å². The van der Waals surface area contributed by atoms with Gasteiger partial charge in [-0.3, -0.25) is 0 Å². The summed E-state index contributed by atoms with van der Waals surface area (Å²) in [7, 11) is 0. The Balaban J connectivity index is 2.55. The molecule has 0 fully saturated rings. The molecular weight excluding hydrogens is 270 g/mol. The largest absolute Gasteiger partial charge is 0.416 e. The Morgan fingerprint density at radius 3 is 2.20 bits per heavy atom. The molecule has 2 N–H and O–H groups in total. The first-order valence-corrected chi connectivity index (χ1v) is 6.00. The molecule has 20 heavy (non-hydrogen) atoms. The van der Waals surface area contributed by atoms with Crippen LogP contribution in [0.3, 0.4) is 0 Å². The van der Waals surface area contributed by atoms with Crippen LogP contribution >= 0.6 is 0 Å². The van der Waals surface area contributed by atoms with E-state index in [1.807, 2.05) is 0 Å².